The van der Waals surface area contributed by atoms with Crippen LogP contribution < -0.4 is 21.2 Å². The normalized spacial score (nSPS) is 12.9. The van der Waals surface area contributed by atoms with Crippen molar-refractivity contribution in [2.24, 2.45) is 10.2 Å². The van der Waals surface area contributed by atoms with Gasteiger partial charge in [-0.05, 0) is 48.5 Å². The first-order valence-corrected chi connectivity index (χ1v) is 10.0. The minimum atomic E-state index is -0.191. The van der Waals surface area contributed by atoms with E-state index in [9.17, 15) is 10.4 Å². The summed E-state index contributed by atoms with van der Waals surface area (Å²) in [7, 11) is 0. The molecule has 0 saturated heterocycles. The van der Waals surface area contributed by atoms with Crippen LogP contribution in [-0.4, -0.2) is 0 Å². The number of benzene rings is 4. The third-order valence-corrected chi connectivity index (χ3v) is 4.60. The second kappa shape index (κ2) is 10.3. The number of nitrogens with one attached hydrogen (secondary N) is 4. The Labute approximate surface area is 185 Å². The number of rotatable bonds is 8. The monoisotopic (exact) mass is 426 g/mol. The molecule has 0 aliphatic carbocycles. The van der Waals surface area contributed by atoms with Crippen molar-refractivity contribution in [3.8, 4) is 0 Å². The molecule has 4 N–H and O–H groups in total. The van der Waals surface area contributed by atoms with Gasteiger partial charge in [-0.2, -0.15) is 10.2 Å². The molecule has 0 saturated carbocycles. The van der Waals surface area contributed by atoms with Crippen molar-refractivity contribution in [1.29, 1.82) is 0 Å². The zero-order chi connectivity index (χ0) is 22.2. The van der Waals surface area contributed by atoms with Crippen molar-refractivity contribution >= 4 is 34.1 Å². The molecule has 0 spiro atoms. The highest BCUT2D eigenvalue weighted by Crippen LogP contribution is 2.20. The highest BCUT2D eigenvalue weighted by molar-refractivity contribution is 5.48. The third kappa shape index (κ3) is 5.75. The number of hydrogen-bond donors (Lipinski definition) is 4. The molecule has 0 aliphatic rings. The van der Waals surface area contributed by atoms with Crippen LogP contribution in [0.2, 0.25) is 0 Å². The molecule has 4 rings (SSSR count). The Morgan fingerprint density at radius 1 is 0.469 bits per heavy atom. The summed E-state index contributed by atoms with van der Waals surface area (Å²) in [5.74, 6) is 0. The molecule has 0 aliphatic heterocycles. The van der Waals surface area contributed by atoms with Gasteiger partial charge in [0.2, 0.25) is 0 Å². The molecule has 0 heterocycles. The standard InChI is InChI=1S/C24H22N6O2/c31-29(27-21-7-3-1-4-8-21)23-15-11-19(12-16-23)25-26-20-13-17-24(18-14-20)30(32)28-22-9-5-2-6-10-22/h1-18,27-30H. The van der Waals surface area contributed by atoms with Crippen molar-refractivity contribution < 1.29 is 10.3 Å². The van der Waals surface area contributed by atoms with E-state index in [1.807, 2.05) is 60.7 Å². The van der Waals surface area contributed by atoms with Crippen molar-refractivity contribution in [2.75, 3.05) is 10.9 Å². The van der Waals surface area contributed by atoms with Gasteiger partial charge in [-0.25, -0.2) is 21.2 Å². The number of azo groups is 1. The maximum Gasteiger partial charge on any atom is 0.155 e. The SMILES string of the molecule is [O-][NH+](Nc1ccccc1)c1ccc(N=Nc2ccc([NH+]([O-])Nc3ccccc3)cc2)cc1. The second-order valence-electron chi connectivity index (χ2n) is 6.93. The first kappa shape index (κ1) is 21.2. The van der Waals surface area contributed by atoms with Gasteiger partial charge in [-0.3, -0.25) is 0 Å². The Balaban J connectivity index is 1.34. The Kier molecular flexibility index (Phi) is 6.81. The lowest BCUT2D eigenvalue weighted by Gasteiger charge is -2.22. The number of anilines is 2. The molecule has 2 atom stereocenters. The average molecular weight is 426 g/mol. The van der Waals surface area contributed by atoms with Crippen LogP contribution in [0.5, 0.6) is 0 Å². The fourth-order valence-corrected chi connectivity index (χ4v) is 2.92. The summed E-state index contributed by atoms with van der Waals surface area (Å²) in [5.41, 5.74) is 9.45. The van der Waals surface area contributed by atoms with Gasteiger partial charge in [-0.15, -0.1) is 0 Å². The summed E-state index contributed by atoms with van der Waals surface area (Å²) >= 11 is 0. The summed E-state index contributed by atoms with van der Waals surface area (Å²) in [6.45, 7) is 0. The van der Waals surface area contributed by atoms with E-state index >= 15 is 0 Å². The summed E-state index contributed by atoms with van der Waals surface area (Å²) in [4.78, 5) is 0. The van der Waals surface area contributed by atoms with E-state index in [0.717, 1.165) is 11.4 Å². The van der Waals surface area contributed by atoms with E-state index in [1.54, 1.807) is 48.5 Å². The Morgan fingerprint density at radius 2 is 0.812 bits per heavy atom. The minimum Gasteiger partial charge on any atom is -0.603 e. The van der Waals surface area contributed by atoms with Crippen molar-refractivity contribution in [1.82, 2.24) is 0 Å². The fourth-order valence-electron chi connectivity index (χ4n) is 2.92. The van der Waals surface area contributed by atoms with Crippen LogP contribution in [0.1, 0.15) is 0 Å². The molecule has 0 bridgehead atoms. The first-order chi connectivity index (χ1) is 15.7. The van der Waals surface area contributed by atoms with Gasteiger partial charge in [-0.1, -0.05) is 36.4 Å². The molecule has 0 fully saturated rings. The zero-order valence-electron chi connectivity index (χ0n) is 17.1. The molecule has 0 amide bonds. The molecule has 8 nitrogen and oxygen atoms in total. The quantitative estimate of drug-likeness (QED) is 0.251. The Bertz CT molecular complexity index is 1040. The molecule has 32 heavy (non-hydrogen) atoms. The van der Waals surface area contributed by atoms with Crippen LogP contribution in [0.25, 0.3) is 0 Å². The number of para-hydroxylation sites is 2. The van der Waals surface area contributed by atoms with Crippen molar-refractivity contribution in [3.05, 3.63) is 120 Å². The summed E-state index contributed by atoms with van der Waals surface area (Å²) in [5, 5.41) is 32.6. The first-order valence-electron chi connectivity index (χ1n) is 10.0. The topological polar surface area (TPSA) is 104 Å². The van der Waals surface area contributed by atoms with Gasteiger partial charge in [0.15, 0.2) is 11.4 Å². The molecular formula is C24H22N6O2. The van der Waals surface area contributed by atoms with E-state index in [4.69, 9.17) is 0 Å². The molecule has 4 aromatic rings. The van der Waals surface area contributed by atoms with Gasteiger partial charge < -0.3 is 10.4 Å². The van der Waals surface area contributed by atoms with Crippen LogP contribution >= 0.6 is 0 Å². The molecule has 0 aromatic heterocycles. The molecule has 8 heteroatoms. The van der Waals surface area contributed by atoms with Gasteiger partial charge in [0, 0.05) is 24.3 Å². The van der Waals surface area contributed by atoms with Crippen LogP contribution in [0.4, 0.5) is 34.1 Å². The van der Waals surface area contributed by atoms with Gasteiger partial charge in [0.25, 0.3) is 0 Å². The number of hydrogen-bond acceptors (Lipinski definition) is 6. The van der Waals surface area contributed by atoms with Crippen molar-refractivity contribution in [3.63, 3.8) is 0 Å². The van der Waals surface area contributed by atoms with Crippen LogP contribution in [0.3, 0.4) is 0 Å². The highest BCUT2D eigenvalue weighted by atomic mass is 16.5. The highest BCUT2D eigenvalue weighted by Gasteiger charge is 2.05. The lowest BCUT2D eigenvalue weighted by Crippen LogP contribution is -3.05. The maximum absolute atomic E-state index is 12.3. The fraction of sp³-hybridized carbons (Fsp3) is 0. The smallest absolute Gasteiger partial charge is 0.155 e. The Hall–Kier alpha value is -4.08. The maximum atomic E-state index is 12.3. The zero-order valence-corrected chi connectivity index (χ0v) is 17.1. The van der Waals surface area contributed by atoms with E-state index < -0.39 is 0 Å². The second-order valence-corrected chi connectivity index (χ2v) is 6.93. The van der Waals surface area contributed by atoms with E-state index in [2.05, 4.69) is 21.1 Å². The summed E-state index contributed by atoms with van der Waals surface area (Å²) < 4.78 is 0. The van der Waals surface area contributed by atoms with Gasteiger partial charge in [0.1, 0.15) is 0 Å². The predicted molar refractivity (Wildman–Crippen MR) is 125 cm³/mol. The van der Waals surface area contributed by atoms with E-state index in [0.29, 0.717) is 22.7 Å². The minimum absolute atomic E-state index is 0.191. The number of quaternary nitrogens is 2. The molecule has 0 radical (unpaired) electrons. The third-order valence-electron chi connectivity index (χ3n) is 4.60. The molecular weight excluding hydrogens is 404 g/mol. The van der Waals surface area contributed by atoms with Crippen molar-refractivity contribution in [2.45, 2.75) is 0 Å². The molecule has 160 valence electrons. The van der Waals surface area contributed by atoms with Crippen LogP contribution in [0, 0.1) is 10.4 Å². The summed E-state index contributed by atoms with van der Waals surface area (Å²) in [6.07, 6.45) is 0. The lowest BCUT2D eigenvalue weighted by molar-refractivity contribution is -0.750. The predicted octanol–water partition coefficient (Wildman–Crippen LogP) is 4.18. The van der Waals surface area contributed by atoms with E-state index in [1.165, 1.54) is 0 Å². The number of nitrogens with zero attached hydrogens (tertiary/aromatic N) is 2. The molecule has 2 unspecified atom stereocenters. The Morgan fingerprint density at radius 3 is 1.16 bits per heavy atom. The van der Waals surface area contributed by atoms with Crippen LogP contribution in [0.15, 0.2) is 119 Å². The van der Waals surface area contributed by atoms with E-state index in [-0.39, 0.29) is 10.3 Å². The summed E-state index contributed by atoms with van der Waals surface area (Å²) in [6, 6.07) is 32.3. The largest absolute Gasteiger partial charge is 0.603 e. The molecule has 4 aromatic carbocycles. The van der Waals surface area contributed by atoms with Gasteiger partial charge >= 0.3 is 0 Å². The van der Waals surface area contributed by atoms with Gasteiger partial charge in [0.05, 0.1) is 22.7 Å². The average Bonchev–Trinajstić information content (AvgIpc) is 2.84. The van der Waals surface area contributed by atoms with Crippen LogP contribution in [-0.2, 0) is 0 Å². The lowest BCUT2D eigenvalue weighted by atomic mass is 10.3.